The van der Waals surface area contributed by atoms with Gasteiger partial charge in [-0.15, -0.1) is 0 Å². The largest absolute Gasteiger partial charge is 0.338 e. The topological polar surface area (TPSA) is 4.93 Å². The van der Waals surface area contributed by atoms with Gasteiger partial charge in [0.05, 0.1) is 10.1 Å². The van der Waals surface area contributed by atoms with Crippen molar-refractivity contribution in [3.8, 4) is 0 Å². The molecule has 0 saturated carbocycles. The van der Waals surface area contributed by atoms with Crippen LogP contribution in [0.3, 0.4) is 0 Å². The van der Waals surface area contributed by atoms with Crippen molar-refractivity contribution in [3.63, 3.8) is 0 Å². The van der Waals surface area contributed by atoms with Crippen LogP contribution in [0.15, 0.2) is 27.3 Å². The van der Waals surface area contributed by atoms with E-state index in [4.69, 9.17) is 0 Å². The number of aryl methyl sites for hydroxylation is 2. The van der Waals surface area contributed by atoms with Gasteiger partial charge in [-0.05, 0) is 40.5 Å². The first-order valence-electron chi connectivity index (χ1n) is 4.01. The number of hydrogen-bond acceptors (Lipinski definition) is 0. The van der Waals surface area contributed by atoms with Crippen LogP contribution in [0.1, 0.15) is 5.56 Å². The van der Waals surface area contributed by atoms with Crippen molar-refractivity contribution in [2.45, 2.75) is 6.92 Å². The number of nitrogens with zero attached hydrogens (tertiary/aromatic N) is 1. The maximum atomic E-state index is 3.56. The number of fused-ring (bicyclic) bond motifs is 1. The molecule has 68 valence electrons. The molecule has 0 fully saturated rings. The fourth-order valence-electron chi connectivity index (χ4n) is 1.57. The molecule has 0 saturated heterocycles. The molecule has 0 bridgehead atoms. The summed E-state index contributed by atoms with van der Waals surface area (Å²) in [6.07, 6.45) is 0. The Morgan fingerprint density at radius 1 is 1.23 bits per heavy atom. The lowest BCUT2D eigenvalue weighted by Crippen LogP contribution is -1.86. The monoisotopic (exact) mass is 301 g/mol. The maximum absolute atomic E-state index is 3.56. The number of halogens is 2. The summed E-state index contributed by atoms with van der Waals surface area (Å²) < 4.78 is 4.42. The van der Waals surface area contributed by atoms with Gasteiger partial charge in [0, 0.05) is 16.9 Å². The first-order valence-corrected chi connectivity index (χ1v) is 5.60. The van der Waals surface area contributed by atoms with Crippen molar-refractivity contribution >= 4 is 42.8 Å². The van der Waals surface area contributed by atoms with Crippen LogP contribution in [0.5, 0.6) is 0 Å². The average molecular weight is 303 g/mol. The Morgan fingerprint density at radius 3 is 2.62 bits per heavy atom. The summed E-state index contributed by atoms with van der Waals surface area (Å²) in [5.41, 5.74) is 2.55. The first kappa shape index (κ1) is 9.28. The molecule has 0 aliphatic heterocycles. The fourth-order valence-corrected chi connectivity index (χ4v) is 2.32. The van der Waals surface area contributed by atoms with Crippen LogP contribution in [0.25, 0.3) is 10.9 Å². The van der Waals surface area contributed by atoms with Crippen molar-refractivity contribution in [2.75, 3.05) is 0 Å². The standard InChI is InChI=1S/C10H9Br2N/c1-6-8-4-3-7(11)5-9(8)13(2)10(6)12/h3-5H,1-2H3. The van der Waals surface area contributed by atoms with Crippen LogP contribution in [0.4, 0.5) is 0 Å². The van der Waals surface area contributed by atoms with Gasteiger partial charge in [0.25, 0.3) is 0 Å². The lowest BCUT2D eigenvalue weighted by Gasteiger charge is -1.97. The highest BCUT2D eigenvalue weighted by Crippen LogP contribution is 2.30. The van der Waals surface area contributed by atoms with Gasteiger partial charge in [0.15, 0.2) is 0 Å². The number of hydrogen-bond donors (Lipinski definition) is 0. The van der Waals surface area contributed by atoms with E-state index in [9.17, 15) is 0 Å². The quantitative estimate of drug-likeness (QED) is 0.693. The molecule has 2 rings (SSSR count). The lowest BCUT2D eigenvalue weighted by atomic mass is 10.2. The van der Waals surface area contributed by atoms with Crippen molar-refractivity contribution in [2.24, 2.45) is 7.05 Å². The molecule has 0 aliphatic carbocycles. The molecular weight excluding hydrogens is 294 g/mol. The number of aromatic nitrogens is 1. The minimum absolute atomic E-state index is 1.12. The third-order valence-electron chi connectivity index (χ3n) is 2.33. The highest BCUT2D eigenvalue weighted by atomic mass is 79.9. The van der Waals surface area contributed by atoms with Crippen LogP contribution in [-0.2, 0) is 7.05 Å². The predicted molar refractivity (Wildman–Crippen MR) is 63.1 cm³/mol. The smallest absolute Gasteiger partial charge is 0.0884 e. The van der Waals surface area contributed by atoms with Crippen LogP contribution < -0.4 is 0 Å². The molecule has 0 aliphatic rings. The molecule has 0 spiro atoms. The molecule has 1 aromatic heterocycles. The zero-order valence-corrected chi connectivity index (χ0v) is 10.6. The highest BCUT2D eigenvalue weighted by molar-refractivity contribution is 9.10. The van der Waals surface area contributed by atoms with E-state index < -0.39 is 0 Å². The Kier molecular flexibility index (Phi) is 2.24. The Bertz CT molecular complexity index is 471. The molecule has 3 heteroatoms. The lowest BCUT2D eigenvalue weighted by molar-refractivity contribution is 0.934. The van der Waals surface area contributed by atoms with Crippen LogP contribution in [0, 0.1) is 6.92 Å². The van der Waals surface area contributed by atoms with E-state index in [1.165, 1.54) is 16.5 Å². The summed E-state index contributed by atoms with van der Waals surface area (Å²) in [6.45, 7) is 2.13. The van der Waals surface area contributed by atoms with E-state index in [0.29, 0.717) is 0 Å². The van der Waals surface area contributed by atoms with Crippen molar-refractivity contribution in [3.05, 3.63) is 32.8 Å². The van der Waals surface area contributed by atoms with Crippen LogP contribution in [0.2, 0.25) is 0 Å². The minimum Gasteiger partial charge on any atom is -0.338 e. The second-order valence-electron chi connectivity index (χ2n) is 3.14. The molecule has 0 atom stereocenters. The van der Waals surface area contributed by atoms with Gasteiger partial charge < -0.3 is 4.57 Å². The number of benzene rings is 1. The average Bonchev–Trinajstić information content (AvgIpc) is 2.32. The summed E-state index contributed by atoms with van der Waals surface area (Å²) in [5, 5.41) is 1.30. The zero-order valence-electron chi connectivity index (χ0n) is 7.44. The van der Waals surface area contributed by atoms with Gasteiger partial charge in [0.2, 0.25) is 0 Å². The van der Waals surface area contributed by atoms with E-state index in [0.717, 1.165) is 9.08 Å². The van der Waals surface area contributed by atoms with E-state index in [2.05, 4.69) is 68.6 Å². The van der Waals surface area contributed by atoms with Gasteiger partial charge in [0.1, 0.15) is 0 Å². The molecule has 1 heterocycles. The normalized spacial score (nSPS) is 11.1. The number of rotatable bonds is 0. The second-order valence-corrected chi connectivity index (χ2v) is 4.80. The Hall–Kier alpha value is -0.280. The van der Waals surface area contributed by atoms with E-state index in [-0.39, 0.29) is 0 Å². The summed E-state index contributed by atoms with van der Waals surface area (Å²) >= 11 is 7.04. The fraction of sp³-hybridized carbons (Fsp3) is 0.200. The van der Waals surface area contributed by atoms with Crippen molar-refractivity contribution in [1.29, 1.82) is 0 Å². The zero-order chi connectivity index (χ0) is 9.59. The van der Waals surface area contributed by atoms with E-state index in [1.54, 1.807) is 0 Å². The van der Waals surface area contributed by atoms with E-state index >= 15 is 0 Å². The van der Waals surface area contributed by atoms with Crippen LogP contribution in [-0.4, -0.2) is 4.57 Å². The van der Waals surface area contributed by atoms with Gasteiger partial charge in [-0.3, -0.25) is 0 Å². The maximum Gasteiger partial charge on any atom is 0.0884 e. The molecule has 1 aromatic carbocycles. The van der Waals surface area contributed by atoms with Crippen molar-refractivity contribution in [1.82, 2.24) is 4.57 Å². The molecule has 0 radical (unpaired) electrons. The highest BCUT2D eigenvalue weighted by Gasteiger charge is 2.08. The molecule has 2 aromatic rings. The predicted octanol–water partition coefficient (Wildman–Crippen LogP) is 4.01. The molecular formula is C10H9Br2N. The van der Waals surface area contributed by atoms with Gasteiger partial charge in [-0.1, -0.05) is 22.0 Å². The molecule has 0 unspecified atom stereocenters. The Morgan fingerprint density at radius 2 is 1.92 bits per heavy atom. The Balaban J connectivity index is 2.95. The summed E-state index contributed by atoms with van der Waals surface area (Å²) in [7, 11) is 2.06. The van der Waals surface area contributed by atoms with Gasteiger partial charge >= 0.3 is 0 Å². The summed E-state index contributed by atoms with van der Waals surface area (Å²) in [6, 6.07) is 6.34. The van der Waals surface area contributed by atoms with Gasteiger partial charge in [-0.25, -0.2) is 0 Å². The van der Waals surface area contributed by atoms with Crippen LogP contribution >= 0.6 is 31.9 Å². The van der Waals surface area contributed by atoms with Gasteiger partial charge in [-0.2, -0.15) is 0 Å². The summed E-state index contributed by atoms with van der Waals surface area (Å²) in [4.78, 5) is 0. The molecule has 13 heavy (non-hydrogen) atoms. The third kappa shape index (κ3) is 1.34. The first-order chi connectivity index (χ1) is 6.11. The minimum atomic E-state index is 1.12. The summed E-state index contributed by atoms with van der Waals surface area (Å²) in [5.74, 6) is 0. The van der Waals surface area contributed by atoms with Crippen molar-refractivity contribution < 1.29 is 0 Å². The van der Waals surface area contributed by atoms with E-state index in [1.807, 2.05) is 0 Å². The molecule has 0 amide bonds. The third-order valence-corrected chi connectivity index (χ3v) is 3.95. The second kappa shape index (κ2) is 3.14. The molecule has 1 nitrogen and oxygen atoms in total. The SMILES string of the molecule is Cc1c(Br)n(C)c2cc(Br)ccc12. The molecule has 0 N–H and O–H groups in total. The Labute approximate surface area is 94.0 Å².